The number of carbonyl (C=O) groups excluding carboxylic acids is 2. The van der Waals surface area contributed by atoms with Crippen molar-refractivity contribution in [1.82, 2.24) is 30.8 Å². The molecule has 3 atom stereocenters. The van der Waals surface area contributed by atoms with Crippen molar-refractivity contribution in [2.45, 2.75) is 49.0 Å². The quantitative estimate of drug-likeness (QED) is 0.618. The summed E-state index contributed by atoms with van der Waals surface area (Å²) in [5, 5.41) is 16.9. The lowest BCUT2D eigenvalue weighted by Gasteiger charge is -2.44. The van der Waals surface area contributed by atoms with Gasteiger partial charge in [-0.15, -0.1) is 33.3 Å². The third kappa shape index (κ3) is 2.79. The summed E-state index contributed by atoms with van der Waals surface area (Å²) < 4.78 is -0.270. The van der Waals surface area contributed by atoms with Crippen molar-refractivity contribution in [2.75, 3.05) is 0 Å². The number of β-lactam (4-membered cyclic amide) rings is 1. The number of nitrogens with zero attached hydrogens (tertiary/aromatic N) is 4. The number of carbonyl (C=O) groups is 2. The molecule has 0 spiro atoms. The van der Waals surface area contributed by atoms with Gasteiger partial charge in [0.2, 0.25) is 11.8 Å². The number of aromatic nitrogens is 4. The third-order valence-electron chi connectivity index (χ3n) is 4.62. The molecule has 0 bridgehead atoms. The summed E-state index contributed by atoms with van der Waals surface area (Å²) in [6.07, 6.45) is 0.253. The van der Waals surface area contributed by atoms with Crippen molar-refractivity contribution in [2.24, 2.45) is 5.73 Å². The Morgan fingerprint density at radius 1 is 1.42 bits per heavy atom. The van der Waals surface area contributed by atoms with E-state index in [0.717, 1.165) is 9.75 Å². The van der Waals surface area contributed by atoms with Crippen LogP contribution in [-0.4, -0.2) is 53.5 Å². The van der Waals surface area contributed by atoms with Gasteiger partial charge in [-0.2, -0.15) is 5.21 Å². The number of fused-ring (bicyclic) bond motifs is 1. The predicted octanol–water partition coefficient (Wildman–Crippen LogP) is 0.182. The highest BCUT2D eigenvalue weighted by atomic mass is 32.2. The molecule has 11 heteroatoms. The molecule has 0 saturated carbocycles. The molecular formula is C15H19N7O2S2. The van der Waals surface area contributed by atoms with Gasteiger partial charge in [0.05, 0.1) is 6.42 Å². The normalized spacial score (nSPS) is 26.5. The minimum atomic E-state index is -0.516. The Morgan fingerprint density at radius 3 is 2.85 bits per heavy atom. The Bertz CT molecular complexity index is 835. The van der Waals surface area contributed by atoms with Crippen molar-refractivity contribution < 1.29 is 9.59 Å². The fraction of sp³-hybridized carbons (Fsp3) is 0.533. The second-order valence-electron chi connectivity index (χ2n) is 6.82. The van der Waals surface area contributed by atoms with E-state index < -0.39 is 6.04 Å². The number of H-pyrrole nitrogens is 1. The maximum atomic E-state index is 12.7. The zero-order chi connectivity index (χ0) is 18.5. The van der Waals surface area contributed by atoms with Crippen LogP contribution in [0, 0.1) is 0 Å². The number of aromatic amines is 1. The summed E-state index contributed by atoms with van der Waals surface area (Å²) in [6.45, 7) is 4.56. The van der Waals surface area contributed by atoms with Gasteiger partial charge in [0.25, 0.3) is 0 Å². The second kappa shape index (κ2) is 6.32. The molecule has 0 radical (unpaired) electrons. The lowest BCUT2D eigenvalue weighted by Crippen LogP contribution is -2.68. The first-order valence-corrected chi connectivity index (χ1v) is 9.90. The Labute approximate surface area is 158 Å². The summed E-state index contributed by atoms with van der Waals surface area (Å²) in [5.41, 5.74) is 5.60. The summed E-state index contributed by atoms with van der Waals surface area (Å²) >= 11 is 3.17. The molecule has 2 aliphatic heterocycles. The highest BCUT2D eigenvalue weighted by Crippen LogP contribution is 2.56. The van der Waals surface area contributed by atoms with E-state index in [2.05, 4.69) is 25.9 Å². The monoisotopic (exact) mass is 393 g/mol. The minimum absolute atomic E-state index is 0.106. The number of tetrazole rings is 1. The van der Waals surface area contributed by atoms with E-state index in [1.807, 2.05) is 26.0 Å². The number of hydrogen-bond acceptors (Lipinski definition) is 8. The number of nitrogens with two attached hydrogens (primary N) is 1. The van der Waals surface area contributed by atoms with Gasteiger partial charge >= 0.3 is 0 Å². The zero-order valence-corrected chi connectivity index (χ0v) is 15.9. The Hall–Kier alpha value is -1.98. The first-order chi connectivity index (χ1) is 12.4. The molecule has 26 heavy (non-hydrogen) atoms. The number of hydrogen-bond donors (Lipinski definition) is 3. The van der Waals surface area contributed by atoms with Crippen LogP contribution < -0.4 is 11.1 Å². The topological polar surface area (TPSA) is 130 Å². The van der Waals surface area contributed by atoms with E-state index in [1.165, 1.54) is 11.3 Å². The van der Waals surface area contributed by atoms with Gasteiger partial charge in [0.1, 0.15) is 17.5 Å². The Morgan fingerprint density at radius 2 is 2.19 bits per heavy atom. The molecule has 4 heterocycles. The van der Waals surface area contributed by atoms with Gasteiger partial charge in [-0.25, -0.2) is 0 Å². The molecular weight excluding hydrogens is 374 g/mol. The van der Waals surface area contributed by atoms with Crippen LogP contribution in [0.15, 0.2) is 12.1 Å². The fourth-order valence-electron chi connectivity index (χ4n) is 3.46. The molecule has 9 nitrogen and oxygen atoms in total. The number of thiophene rings is 1. The molecule has 2 unspecified atom stereocenters. The number of rotatable bonds is 5. The second-order valence-corrected chi connectivity index (χ2v) is 9.85. The zero-order valence-electron chi connectivity index (χ0n) is 14.3. The molecule has 2 fully saturated rings. The third-order valence-corrected chi connectivity index (χ3v) is 7.30. The van der Waals surface area contributed by atoms with Crippen molar-refractivity contribution in [3.63, 3.8) is 0 Å². The number of amides is 2. The highest BCUT2D eigenvalue weighted by Gasteiger charge is 2.63. The molecule has 2 aromatic rings. The largest absolute Gasteiger partial charge is 0.341 e. The summed E-state index contributed by atoms with van der Waals surface area (Å²) in [5.74, 6) is 0.232. The van der Waals surface area contributed by atoms with Crippen LogP contribution in [0.2, 0.25) is 0 Å². The van der Waals surface area contributed by atoms with E-state index in [1.54, 1.807) is 16.7 Å². The van der Waals surface area contributed by atoms with Crippen LogP contribution >= 0.6 is 23.1 Å². The van der Waals surface area contributed by atoms with Crippen LogP contribution in [0.1, 0.15) is 35.5 Å². The fourth-order valence-corrected chi connectivity index (χ4v) is 5.99. The molecule has 2 aliphatic rings. The standard InChI is InChI=1S/C15H19N7O2S2/c1-15(2)11(12-18-20-21-19-12)22-13(24)10(14(22)26-15)17-9(23)5-7-3-4-8(6-16)25-7/h3-4,10-11,14H,5-6,16H2,1-2H3,(H,17,23)(H,18,19,20,21)/t10?,11?,14-/m1/s1. The van der Waals surface area contributed by atoms with Crippen LogP contribution in [0.5, 0.6) is 0 Å². The smallest absolute Gasteiger partial charge is 0.249 e. The maximum Gasteiger partial charge on any atom is 0.249 e. The molecule has 4 N–H and O–H groups in total. The first-order valence-electron chi connectivity index (χ1n) is 8.21. The lowest BCUT2D eigenvalue weighted by atomic mass is 9.95. The van der Waals surface area contributed by atoms with E-state index in [0.29, 0.717) is 12.4 Å². The van der Waals surface area contributed by atoms with Crippen LogP contribution in [0.3, 0.4) is 0 Å². The van der Waals surface area contributed by atoms with Gasteiger partial charge in [-0.1, -0.05) is 5.21 Å². The molecule has 2 amide bonds. The van der Waals surface area contributed by atoms with Gasteiger partial charge in [0, 0.05) is 21.0 Å². The SMILES string of the molecule is CC1(C)S[C@@H]2C(NC(=O)Cc3ccc(CN)s3)C(=O)N2C1c1nn[nH]n1. The highest BCUT2D eigenvalue weighted by molar-refractivity contribution is 8.01. The van der Waals surface area contributed by atoms with E-state index in [9.17, 15) is 9.59 Å². The molecule has 0 aliphatic carbocycles. The van der Waals surface area contributed by atoms with Crippen molar-refractivity contribution in [3.05, 3.63) is 27.7 Å². The average molecular weight is 393 g/mol. The summed E-state index contributed by atoms with van der Waals surface area (Å²) in [6, 6.07) is 3.05. The average Bonchev–Trinajstić information content (AvgIpc) is 3.30. The molecule has 0 aromatic carbocycles. The Kier molecular flexibility index (Phi) is 4.24. The predicted molar refractivity (Wildman–Crippen MR) is 97.1 cm³/mol. The number of thioether (sulfide) groups is 1. The van der Waals surface area contributed by atoms with Crippen molar-refractivity contribution in [3.8, 4) is 0 Å². The van der Waals surface area contributed by atoms with E-state index >= 15 is 0 Å². The van der Waals surface area contributed by atoms with Crippen molar-refractivity contribution >= 4 is 34.9 Å². The first kappa shape index (κ1) is 17.4. The molecule has 4 rings (SSSR count). The van der Waals surface area contributed by atoms with Crippen LogP contribution in [0.4, 0.5) is 0 Å². The molecule has 138 valence electrons. The minimum Gasteiger partial charge on any atom is -0.341 e. The maximum absolute atomic E-state index is 12.7. The van der Waals surface area contributed by atoms with Gasteiger partial charge in [-0.05, 0) is 26.0 Å². The molecule has 2 aromatic heterocycles. The van der Waals surface area contributed by atoms with Gasteiger partial charge in [0.15, 0.2) is 5.82 Å². The van der Waals surface area contributed by atoms with Gasteiger partial charge < -0.3 is 16.0 Å². The van der Waals surface area contributed by atoms with Crippen molar-refractivity contribution in [1.29, 1.82) is 0 Å². The Balaban J connectivity index is 1.44. The summed E-state index contributed by atoms with van der Waals surface area (Å²) in [7, 11) is 0. The molecule has 2 saturated heterocycles. The van der Waals surface area contributed by atoms with Crippen LogP contribution in [0.25, 0.3) is 0 Å². The van der Waals surface area contributed by atoms with Gasteiger partial charge in [-0.3, -0.25) is 9.59 Å². The van der Waals surface area contributed by atoms with Crippen LogP contribution in [-0.2, 0) is 22.6 Å². The summed E-state index contributed by atoms with van der Waals surface area (Å²) in [4.78, 5) is 28.8. The van der Waals surface area contributed by atoms with E-state index in [-0.39, 0.29) is 34.4 Å². The number of nitrogens with one attached hydrogen (secondary N) is 2. The lowest BCUT2D eigenvalue weighted by molar-refractivity contribution is -0.151. The van der Waals surface area contributed by atoms with E-state index in [4.69, 9.17) is 5.73 Å².